The molecule has 0 amide bonds. The third kappa shape index (κ3) is 9.22. The number of aromatic nitrogens is 5. The number of hydrogen-bond acceptors (Lipinski definition) is 5. The topological polar surface area (TPSA) is 69.6 Å². The molecule has 10 aromatic carbocycles. The minimum Gasteiger partial charge on any atom is -0.456 e. The summed E-state index contributed by atoms with van der Waals surface area (Å²) < 4.78 is 8.69. The van der Waals surface area contributed by atoms with Gasteiger partial charge in [0.2, 0.25) is 0 Å². The summed E-state index contributed by atoms with van der Waals surface area (Å²) >= 11 is 0. The molecule has 14 aromatic rings. The van der Waals surface area contributed by atoms with Crippen LogP contribution >= 0.6 is 0 Å². The lowest BCUT2D eigenvalue weighted by molar-refractivity contribution is 0.662. The van der Waals surface area contributed by atoms with Gasteiger partial charge >= 0.3 is 0 Å². The third-order valence-electron chi connectivity index (χ3n) is 16.0. The van der Waals surface area contributed by atoms with Crippen LogP contribution in [0.2, 0.25) is 0 Å². The van der Waals surface area contributed by atoms with Crippen LogP contribution in [0.1, 0.15) is 44.5 Å². The Morgan fingerprint density at radius 1 is 0.293 bits per heavy atom. The second-order valence-electron chi connectivity index (χ2n) is 22.6. The lowest BCUT2D eigenvalue weighted by Gasteiger charge is -2.15. The lowest BCUT2D eigenvalue weighted by atomic mass is 9.90. The van der Waals surface area contributed by atoms with Crippen molar-refractivity contribution in [3.8, 4) is 95.5 Å². The van der Waals surface area contributed by atoms with Crippen molar-refractivity contribution in [2.75, 3.05) is 0 Å². The molecule has 0 spiro atoms. The predicted octanol–water partition coefficient (Wildman–Crippen LogP) is 20.1. The number of benzene rings is 10. The lowest BCUT2D eigenvalue weighted by Crippen LogP contribution is -1.99. The molecule has 4 aromatic heterocycles. The molecule has 6 heteroatoms. The van der Waals surface area contributed by atoms with E-state index in [1.807, 2.05) is 0 Å². The van der Waals surface area contributed by atoms with E-state index in [9.17, 15) is 0 Å². The molecular weight excluding hydrogens is 999 g/mol. The van der Waals surface area contributed by atoms with Gasteiger partial charge in [-0.2, -0.15) is 0 Å². The van der Waals surface area contributed by atoms with Gasteiger partial charge in [-0.15, -0.1) is 0 Å². The maximum atomic E-state index is 6.42. The summed E-state index contributed by atoms with van der Waals surface area (Å²) in [5.74, 6) is 2.07. The van der Waals surface area contributed by atoms with E-state index in [-0.39, 0.29) is 0 Å². The Morgan fingerprint density at radius 2 is 0.744 bits per heavy atom. The first-order chi connectivity index (χ1) is 39.8. The maximum Gasteiger partial charge on any atom is 0.163 e. The normalized spacial score (nSPS) is 11.7. The van der Waals surface area contributed by atoms with Crippen LogP contribution in [0.5, 0.6) is 0 Å². The van der Waals surface area contributed by atoms with Gasteiger partial charge in [0.25, 0.3) is 0 Å². The minimum absolute atomic E-state index is 0.609. The van der Waals surface area contributed by atoms with Gasteiger partial charge in [-0.05, 0) is 247 Å². The molecule has 14 rings (SSSR count). The van der Waals surface area contributed by atoms with Crippen molar-refractivity contribution < 1.29 is 4.42 Å². The quantitative estimate of drug-likeness (QED) is 0.144. The largest absolute Gasteiger partial charge is 0.456 e. The first-order valence-electron chi connectivity index (χ1n) is 28.1. The Balaban J connectivity index is 0.784. The van der Waals surface area contributed by atoms with Crippen molar-refractivity contribution in [2.45, 2.75) is 55.4 Å². The molecule has 0 saturated carbocycles. The predicted molar refractivity (Wildman–Crippen MR) is 341 cm³/mol. The number of pyridine rings is 1. The molecule has 0 unspecified atom stereocenters. The molecule has 0 aliphatic heterocycles. The van der Waals surface area contributed by atoms with Gasteiger partial charge in [0, 0.05) is 38.2 Å². The average molecular weight is 1060 g/mol. The van der Waals surface area contributed by atoms with Crippen LogP contribution in [0, 0.1) is 55.4 Å². The van der Waals surface area contributed by atoms with Gasteiger partial charge in [-0.25, -0.2) is 19.9 Å². The monoisotopic (exact) mass is 1060 g/mol. The Hall–Kier alpha value is -10.0. The van der Waals surface area contributed by atoms with Crippen molar-refractivity contribution in [2.24, 2.45) is 0 Å². The van der Waals surface area contributed by atoms with Crippen LogP contribution in [0.4, 0.5) is 0 Å². The molecule has 4 heterocycles. The highest BCUT2D eigenvalue weighted by Gasteiger charge is 2.19. The first-order valence-corrected chi connectivity index (χ1v) is 28.1. The van der Waals surface area contributed by atoms with E-state index in [4.69, 9.17) is 24.4 Å². The molecule has 0 atom stereocenters. The van der Waals surface area contributed by atoms with Crippen molar-refractivity contribution in [1.82, 2.24) is 24.5 Å². The van der Waals surface area contributed by atoms with Gasteiger partial charge in [-0.1, -0.05) is 115 Å². The molecule has 0 fully saturated rings. The number of para-hydroxylation sites is 1. The Morgan fingerprint density at radius 3 is 1.33 bits per heavy atom. The number of aryl methyl sites for hydroxylation is 8. The number of hydrogen-bond donors (Lipinski definition) is 0. The maximum absolute atomic E-state index is 6.42. The summed E-state index contributed by atoms with van der Waals surface area (Å²) in [5.41, 5.74) is 29.2. The average Bonchev–Trinajstić information content (AvgIpc) is 3.87. The summed E-state index contributed by atoms with van der Waals surface area (Å²) in [6.45, 7) is 17.3. The minimum atomic E-state index is 0.609. The second-order valence-corrected chi connectivity index (χ2v) is 22.6. The van der Waals surface area contributed by atoms with Crippen LogP contribution in [-0.2, 0) is 0 Å². The molecule has 0 N–H and O–H groups in total. The van der Waals surface area contributed by atoms with Crippen molar-refractivity contribution in [3.05, 3.63) is 257 Å². The summed E-state index contributed by atoms with van der Waals surface area (Å²) in [6.07, 6.45) is 1.62. The molecule has 0 aliphatic carbocycles. The van der Waals surface area contributed by atoms with E-state index in [2.05, 4.69) is 266 Å². The number of rotatable bonds is 9. The third-order valence-corrected chi connectivity index (χ3v) is 16.0. The smallest absolute Gasteiger partial charge is 0.163 e. The molecule has 6 nitrogen and oxygen atoms in total. The van der Waals surface area contributed by atoms with Crippen molar-refractivity contribution >= 4 is 43.7 Å². The van der Waals surface area contributed by atoms with E-state index < -0.39 is 0 Å². The van der Waals surface area contributed by atoms with Gasteiger partial charge in [-0.3, -0.25) is 4.57 Å². The van der Waals surface area contributed by atoms with Crippen LogP contribution in [-0.4, -0.2) is 24.5 Å². The van der Waals surface area contributed by atoms with Gasteiger partial charge in [0.05, 0.1) is 16.7 Å². The Bertz CT molecular complexity index is 4910. The Labute approximate surface area is 478 Å². The van der Waals surface area contributed by atoms with E-state index in [0.717, 1.165) is 88.6 Å². The summed E-state index contributed by atoms with van der Waals surface area (Å²) in [7, 11) is 0. The van der Waals surface area contributed by atoms with Gasteiger partial charge in [0.1, 0.15) is 23.3 Å². The molecule has 82 heavy (non-hydrogen) atoms. The second kappa shape index (κ2) is 19.9. The highest BCUT2D eigenvalue weighted by Crippen LogP contribution is 2.40. The highest BCUT2D eigenvalue weighted by atomic mass is 16.3. The van der Waals surface area contributed by atoms with Crippen LogP contribution < -0.4 is 0 Å². The van der Waals surface area contributed by atoms with Crippen LogP contribution in [0.3, 0.4) is 0 Å². The van der Waals surface area contributed by atoms with E-state index in [0.29, 0.717) is 11.6 Å². The standard InChI is InChI=1S/C76H59N5O/c1-44-23-50(7)73-67(34-44)68-42-64(35-51(8)74(68)82-73)76-78-43-77-75(80-76)53-21-22-71-66(41-53)65-17-12-13-19-70(65)81(71)72-20-14-18-69(79-72)63-33-49(6)32-62(40-63)61-31-48(5)30-60(39-61)59-29-47(4)28-58(38-59)57-27-46(3)26-56(37-57)55-25-45(2)24-54(36-55)52-15-10-9-11-16-52/h9-43H,1-8H3. The summed E-state index contributed by atoms with van der Waals surface area (Å²) in [5, 5.41) is 4.38. The van der Waals surface area contributed by atoms with E-state index in [1.165, 1.54) is 83.5 Å². The molecule has 0 saturated heterocycles. The zero-order valence-electron chi connectivity index (χ0n) is 47.4. The molecule has 0 aliphatic rings. The number of furan rings is 1. The zero-order valence-corrected chi connectivity index (χ0v) is 47.4. The molecule has 0 radical (unpaired) electrons. The Kier molecular flexibility index (Phi) is 12.2. The van der Waals surface area contributed by atoms with Crippen LogP contribution in [0.15, 0.2) is 217 Å². The first kappa shape index (κ1) is 50.2. The molecule has 0 bridgehead atoms. The number of nitrogens with zero attached hydrogens (tertiary/aromatic N) is 5. The fourth-order valence-corrected chi connectivity index (χ4v) is 12.5. The molecule has 394 valence electrons. The molecular formula is C76H59N5O. The summed E-state index contributed by atoms with van der Waals surface area (Å²) in [4.78, 5) is 20.0. The summed E-state index contributed by atoms with van der Waals surface area (Å²) in [6, 6.07) is 75.3. The zero-order chi connectivity index (χ0) is 55.9. The fraction of sp³-hybridized carbons (Fsp3) is 0.105. The van der Waals surface area contributed by atoms with Crippen molar-refractivity contribution in [1.29, 1.82) is 0 Å². The van der Waals surface area contributed by atoms with Gasteiger partial charge < -0.3 is 4.42 Å². The SMILES string of the molecule is Cc1cc(-c2ccccc2)cc(-c2cc(C)cc(-c3cc(C)cc(-c4cc(C)cc(-c5cc(C)cc(-c6cccc(-n7c8ccccc8c8cc(-c9ncnc(-c%10cc(C)c%11oc%12c(C)cc(C)cc%12c%11c%10)n9)ccc87)n6)c5)c4)c3)c2)c1. The fourth-order valence-electron chi connectivity index (χ4n) is 12.5. The highest BCUT2D eigenvalue weighted by molar-refractivity contribution is 6.11. The number of fused-ring (bicyclic) bond motifs is 6. The van der Waals surface area contributed by atoms with Crippen molar-refractivity contribution in [3.63, 3.8) is 0 Å². The van der Waals surface area contributed by atoms with Gasteiger partial charge in [0.15, 0.2) is 11.6 Å². The van der Waals surface area contributed by atoms with E-state index in [1.54, 1.807) is 6.33 Å². The van der Waals surface area contributed by atoms with Crippen LogP contribution in [0.25, 0.3) is 139 Å². The van der Waals surface area contributed by atoms with E-state index >= 15 is 0 Å².